The number of allylic oxidation sites excluding steroid dienone is 2. The molecule has 0 aromatic heterocycles. The van der Waals surface area contributed by atoms with Crippen molar-refractivity contribution in [3.63, 3.8) is 0 Å². The van der Waals surface area contributed by atoms with Crippen molar-refractivity contribution in [2.45, 2.75) is 0 Å². The van der Waals surface area contributed by atoms with E-state index >= 15 is 0 Å². The summed E-state index contributed by atoms with van der Waals surface area (Å²) in [6.45, 7) is 0. The Morgan fingerprint density at radius 2 is 1.59 bits per heavy atom. The van der Waals surface area contributed by atoms with Gasteiger partial charge in [-0.1, -0.05) is 23.4 Å². The third-order valence-corrected chi connectivity index (χ3v) is 2.88. The summed E-state index contributed by atoms with van der Waals surface area (Å²) in [7, 11) is 2.91. The fraction of sp³-hybridized carbons (Fsp3) is 0.133. The van der Waals surface area contributed by atoms with Gasteiger partial charge in [-0.2, -0.15) is 5.53 Å². The van der Waals surface area contributed by atoms with Crippen LogP contribution in [-0.2, 0) is 9.47 Å². The lowest BCUT2D eigenvalue weighted by Gasteiger charge is -2.14. The van der Waals surface area contributed by atoms with E-state index in [2.05, 4.69) is 15.3 Å². The van der Waals surface area contributed by atoms with Gasteiger partial charge in [0, 0.05) is 17.7 Å². The quantitative estimate of drug-likeness (QED) is 0.525. The molecule has 0 radical (unpaired) electrons. The van der Waals surface area contributed by atoms with Crippen molar-refractivity contribution in [2.75, 3.05) is 14.2 Å². The number of rotatable bonds is 4. The minimum atomic E-state index is -0.393. The van der Waals surface area contributed by atoms with Crippen LogP contribution in [-0.4, -0.2) is 31.6 Å². The van der Waals surface area contributed by atoms with E-state index in [1.807, 2.05) is 6.07 Å². The van der Waals surface area contributed by atoms with E-state index in [9.17, 15) is 4.79 Å². The highest BCUT2D eigenvalue weighted by Crippen LogP contribution is 2.16. The van der Waals surface area contributed by atoms with E-state index in [0.717, 1.165) is 0 Å². The maximum atomic E-state index is 12.2. The number of carbonyl (C=O) groups excluding carboxylic acids is 1. The van der Waals surface area contributed by atoms with Crippen LogP contribution in [0.4, 0.5) is 0 Å². The normalized spacial score (nSPS) is 17.7. The van der Waals surface area contributed by atoms with E-state index < -0.39 is 5.91 Å². The zero-order valence-electron chi connectivity index (χ0n) is 12.1. The summed E-state index contributed by atoms with van der Waals surface area (Å²) in [6.07, 6.45) is 3.03. The smallest absolute Gasteiger partial charge is 0.277 e. The standard InChI is InChI=1S/C15H14N4O3/c1-21-13-9-12(18-19-16)14(22-2)8-11(13)17-15(20)10-6-4-3-5-7-10/h3-9,16H,1-2H3. The van der Waals surface area contributed by atoms with E-state index in [1.54, 1.807) is 24.3 Å². The molecule has 1 aliphatic rings. The van der Waals surface area contributed by atoms with Crippen molar-refractivity contribution in [1.82, 2.24) is 0 Å². The molecule has 0 saturated heterocycles. The van der Waals surface area contributed by atoms with Gasteiger partial charge in [0.25, 0.3) is 5.91 Å². The summed E-state index contributed by atoms with van der Waals surface area (Å²) in [4.78, 5) is 16.2. The van der Waals surface area contributed by atoms with Crippen LogP contribution in [0.2, 0.25) is 0 Å². The number of methoxy groups -OCH3 is 2. The lowest BCUT2D eigenvalue weighted by atomic mass is 10.1. The molecule has 0 spiro atoms. The summed E-state index contributed by atoms with van der Waals surface area (Å²) in [5, 5.41) is 6.59. The van der Waals surface area contributed by atoms with Gasteiger partial charge in [0.2, 0.25) is 0 Å². The number of aliphatic imine (C=N–C) groups is 1. The Kier molecular flexibility index (Phi) is 4.92. The molecule has 2 rings (SSSR count). The molecule has 0 aliphatic heterocycles. The highest BCUT2D eigenvalue weighted by molar-refractivity contribution is 6.24. The molecule has 0 fully saturated rings. The monoisotopic (exact) mass is 298 g/mol. The van der Waals surface area contributed by atoms with Gasteiger partial charge in [0.05, 0.1) is 14.2 Å². The van der Waals surface area contributed by atoms with Gasteiger partial charge < -0.3 is 9.47 Å². The first-order valence-corrected chi connectivity index (χ1v) is 6.34. The van der Waals surface area contributed by atoms with Crippen LogP contribution in [0.1, 0.15) is 10.4 Å². The average Bonchev–Trinajstić information content (AvgIpc) is 2.56. The summed E-state index contributed by atoms with van der Waals surface area (Å²) >= 11 is 0. The van der Waals surface area contributed by atoms with Crippen LogP contribution in [0.5, 0.6) is 0 Å². The van der Waals surface area contributed by atoms with Crippen LogP contribution in [0, 0.1) is 5.53 Å². The average molecular weight is 298 g/mol. The summed E-state index contributed by atoms with van der Waals surface area (Å²) in [5.41, 5.74) is 7.91. The molecule has 112 valence electrons. The second-order valence-electron chi connectivity index (χ2n) is 4.18. The number of benzene rings is 1. The Hall–Kier alpha value is -3.09. The van der Waals surface area contributed by atoms with Gasteiger partial charge in [-0.15, -0.1) is 5.10 Å². The SMILES string of the molecule is COC1=CC(=NC(=O)c2ccccc2)C(OC)=CC1=NN=N. The predicted octanol–water partition coefficient (Wildman–Crippen LogP) is 2.73. The lowest BCUT2D eigenvalue weighted by molar-refractivity contribution is 0.100. The van der Waals surface area contributed by atoms with Crippen molar-refractivity contribution < 1.29 is 14.3 Å². The van der Waals surface area contributed by atoms with E-state index in [4.69, 9.17) is 15.0 Å². The van der Waals surface area contributed by atoms with Gasteiger partial charge in [-0.3, -0.25) is 4.79 Å². The molecule has 0 heterocycles. The number of amides is 1. The predicted molar refractivity (Wildman–Crippen MR) is 81.0 cm³/mol. The maximum absolute atomic E-state index is 12.2. The Bertz CT molecular complexity index is 703. The van der Waals surface area contributed by atoms with Crippen LogP contribution in [0.15, 0.2) is 69.3 Å². The maximum Gasteiger partial charge on any atom is 0.277 e. The minimum Gasteiger partial charge on any atom is -0.494 e. The first-order chi connectivity index (χ1) is 10.7. The first kappa shape index (κ1) is 15.3. The molecule has 7 nitrogen and oxygen atoms in total. The Morgan fingerprint density at radius 3 is 2.18 bits per heavy atom. The van der Waals surface area contributed by atoms with E-state index in [0.29, 0.717) is 28.5 Å². The fourth-order valence-corrected chi connectivity index (χ4v) is 1.84. The Morgan fingerprint density at radius 1 is 1.00 bits per heavy atom. The fourth-order valence-electron chi connectivity index (χ4n) is 1.84. The van der Waals surface area contributed by atoms with Gasteiger partial charge in [0.15, 0.2) is 0 Å². The first-order valence-electron chi connectivity index (χ1n) is 6.34. The molecule has 22 heavy (non-hydrogen) atoms. The largest absolute Gasteiger partial charge is 0.494 e. The topological polar surface area (TPSA) is 96.5 Å². The molecule has 1 aromatic carbocycles. The van der Waals surface area contributed by atoms with Gasteiger partial charge in [0.1, 0.15) is 22.9 Å². The van der Waals surface area contributed by atoms with Crippen molar-refractivity contribution >= 4 is 17.3 Å². The summed E-state index contributed by atoms with van der Waals surface area (Å²) in [6, 6.07) is 8.70. The van der Waals surface area contributed by atoms with Gasteiger partial charge >= 0.3 is 0 Å². The Balaban J connectivity index is 2.41. The number of carbonyl (C=O) groups is 1. The van der Waals surface area contributed by atoms with Crippen LogP contribution >= 0.6 is 0 Å². The summed E-state index contributed by atoms with van der Waals surface area (Å²) < 4.78 is 10.4. The highest BCUT2D eigenvalue weighted by atomic mass is 16.5. The molecular formula is C15H14N4O3. The Labute approximate surface area is 127 Å². The third-order valence-electron chi connectivity index (χ3n) is 2.88. The van der Waals surface area contributed by atoms with Gasteiger partial charge in [-0.25, -0.2) is 4.99 Å². The van der Waals surface area contributed by atoms with Crippen molar-refractivity contribution in [3.05, 3.63) is 59.6 Å². The lowest BCUT2D eigenvalue weighted by Crippen LogP contribution is -2.17. The molecule has 1 aromatic rings. The molecule has 1 aliphatic carbocycles. The molecular weight excluding hydrogens is 284 g/mol. The van der Waals surface area contributed by atoms with Crippen LogP contribution < -0.4 is 0 Å². The number of nitrogens with zero attached hydrogens (tertiary/aromatic N) is 3. The van der Waals surface area contributed by atoms with Crippen molar-refractivity contribution in [2.24, 2.45) is 15.3 Å². The van der Waals surface area contributed by atoms with Crippen LogP contribution in [0.3, 0.4) is 0 Å². The van der Waals surface area contributed by atoms with Gasteiger partial charge in [-0.05, 0) is 12.1 Å². The molecule has 0 unspecified atom stereocenters. The zero-order valence-corrected chi connectivity index (χ0v) is 12.1. The van der Waals surface area contributed by atoms with E-state index in [1.165, 1.54) is 26.4 Å². The second-order valence-corrected chi connectivity index (χ2v) is 4.18. The number of ether oxygens (including phenoxy) is 2. The van der Waals surface area contributed by atoms with Crippen molar-refractivity contribution in [3.8, 4) is 0 Å². The second kappa shape index (κ2) is 7.07. The summed E-state index contributed by atoms with van der Waals surface area (Å²) in [5.74, 6) is 0.291. The molecule has 7 heteroatoms. The molecule has 0 saturated carbocycles. The minimum absolute atomic E-state index is 0.317. The molecule has 0 bridgehead atoms. The molecule has 1 amide bonds. The molecule has 1 N–H and O–H groups in total. The third kappa shape index (κ3) is 3.32. The molecule has 0 atom stereocenters. The highest BCUT2D eigenvalue weighted by Gasteiger charge is 2.20. The number of hydrogen-bond donors (Lipinski definition) is 1. The van der Waals surface area contributed by atoms with Crippen molar-refractivity contribution in [1.29, 1.82) is 5.53 Å². The van der Waals surface area contributed by atoms with E-state index in [-0.39, 0.29) is 0 Å². The number of hydrogen-bond acceptors (Lipinski definition) is 5. The number of nitrogens with one attached hydrogen (secondary N) is 1. The zero-order chi connectivity index (χ0) is 15.9. The van der Waals surface area contributed by atoms with Crippen LogP contribution in [0.25, 0.3) is 0 Å².